The number of carbonyl (C=O) groups excluding carboxylic acids is 2. The minimum atomic E-state index is -5.04. The van der Waals surface area contributed by atoms with Gasteiger partial charge in [-0.05, 0) is 45.0 Å². The van der Waals surface area contributed by atoms with Crippen molar-refractivity contribution in [1.29, 1.82) is 0 Å². The van der Waals surface area contributed by atoms with E-state index in [4.69, 9.17) is 11.2 Å². The van der Waals surface area contributed by atoms with Crippen molar-refractivity contribution in [3.05, 3.63) is 29.8 Å². The molecule has 0 N–H and O–H groups in total. The molecular weight excluding hydrogens is 311 g/mol. The first-order valence-electron chi connectivity index (χ1n) is 6.61. The highest BCUT2D eigenvalue weighted by Crippen LogP contribution is 2.24. The number of hydrogen-bond donors (Lipinski definition) is 0. The van der Waals surface area contributed by atoms with E-state index in [1.807, 2.05) is 5.92 Å². The third-order valence-electron chi connectivity index (χ3n) is 2.55. The summed E-state index contributed by atoms with van der Waals surface area (Å²) in [5, 5.41) is 0. The number of ether oxygens (including phenoxy) is 1. The first kappa shape index (κ1) is 18.6. The van der Waals surface area contributed by atoms with Gasteiger partial charge in [0.15, 0.2) is 0 Å². The molecule has 1 aromatic rings. The maximum Gasteiger partial charge on any atom is 0.471 e. The molecule has 1 aromatic carbocycles. The minimum Gasteiger partial charge on any atom is -0.456 e. The zero-order valence-electron chi connectivity index (χ0n) is 12.9. The molecule has 0 saturated heterocycles. The number of benzene rings is 1. The van der Waals surface area contributed by atoms with Gasteiger partial charge in [-0.15, -0.1) is 6.42 Å². The Labute approximate surface area is 132 Å². The van der Waals surface area contributed by atoms with Crippen LogP contribution < -0.4 is 4.90 Å². The van der Waals surface area contributed by atoms with Crippen LogP contribution in [0.4, 0.5) is 18.9 Å². The minimum absolute atomic E-state index is 0.0578. The van der Waals surface area contributed by atoms with E-state index in [2.05, 4.69) is 0 Å². The highest BCUT2D eigenvalue weighted by atomic mass is 19.4. The van der Waals surface area contributed by atoms with Crippen LogP contribution in [0.2, 0.25) is 0 Å². The standard InChI is InChI=1S/C16H16F3NO3/c1-5-10-20(14(22)16(17,18)19)12-8-6-11(7-9-12)13(21)23-15(2,3)4/h1,6-9H,10H2,2-4H3. The van der Waals surface area contributed by atoms with Crippen LogP contribution in [0.1, 0.15) is 31.1 Å². The van der Waals surface area contributed by atoms with Crippen LogP contribution in [0.25, 0.3) is 0 Å². The fourth-order valence-corrected chi connectivity index (χ4v) is 1.64. The summed E-state index contributed by atoms with van der Waals surface area (Å²) in [6.45, 7) is 4.53. The monoisotopic (exact) mass is 327 g/mol. The average Bonchev–Trinajstić information content (AvgIpc) is 2.41. The number of halogens is 3. The number of amides is 1. The molecule has 0 spiro atoms. The third kappa shape index (κ3) is 5.33. The maximum absolute atomic E-state index is 12.6. The van der Waals surface area contributed by atoms with Crippen LogP contribution in [-0.4, -0.2) is 30.2 Å². The molecule has 0 atom stereocenters. The summed E-state index contributed by atoms with van der Waals surface area (Å²) >= 11 is 0. The molecule has 0 aliphatic rings. The van der Waals surface area contributed by atoms with Gasteiger partial charge in [0.25, 0.3) is 0 Å². The summed E-state index contributed by atoms with van der Waals surface area (Å²) in [5.74, 6) is -0.684. The zero-order chi connectivity index (χ0) is 17.8. The summed E-state index contributed by atoms with van der Waals surface area (Å²) in [6, 6.07) is 4.97. The molecule has 124 valence electrons. The van der Waals surface area contributed by atoms with E-state index in [0.717, 1.165) is 0 Å². The number of terminal acetylenes is 1. The Morgan fingerprint density at radius 3 is 2.09 bits per heavy atom. The molecule has 0 fully saturated rings. The Balaban J connectivity index is 3.03. The summed E-state index contributed by atoms with van der Waals surface area (Å²) < 4.78 is 42.8. The molecule has 23 heavy (non-hydrogen) atoms. The van der Waals surface area contributed by atoms with Gasteiger partial charge in [0, 0.05) is 5.69 Å². The van der Waals surface area contributed by atoms with Crippen molar-refractivity contribution in [2.45, 2.75) is 32.5 Å². The summed E-state index contributed by atoms with van der Waals surface area (Å²) in [7, 11) is 0. The molecule has 0 radical (unpaired) electrons. The fourth-order valence-electron chi connectivity index (χ4n) is 1.64. The van der Waals surface area contributed by atoms with Gasteiger partial charge in [-0.3, -0.25) is 9.69 Å². The molecule has 0 heterocycles. The van der Waals surface area contributed by atoms with E-state index in [1.165, 1.54) is 24.3 Å². The van der Waals surface area contributed by atoms with Crippen molar-refractivity contribution in [2.24, 2.45) is 0 Å². The quantitative estimate of drug-likeness (QED) is 0.633. The Morgan fingerprint density at radius 1 is 1.17 bits per heavy atom. The third-order valence-corrected chi connectivity index (χ3v) is 2.55. The van der Waals surface area contributed by atoms with Gasteiger partial charge < -0.3 is 4.74 Å². The second kappa shape index (κ2) is 6.73. The lowest BCUT2D eigenvalue weighted by Crippen LogP contribution is -2.41. The van der Waals surface area contributed by atoms with Crippen LogP contribution in [0.15, 0.2) is 24.3 Å². The summed E-state index contributed by atoms with van der Waals surface area (Å²) in [4.78, 5) is 23.6. The van der Waals surface area contributed by atoms with Gasteiger partial charge in [-0.2, -0.15) is 13.2 Å². The number of alkyl halides is 3. The molecule has 0 aliphatic heterocycles. The van der Waals surface area contributed by atoms with Crippen molar-refractivity contribution in [2.75, 3.05) is 11.4 Å². The van der Waals surface area contributed by atoms with Crippen LogP contribution in [0, 0.1) is 12.3 Å². The second-order valence-electron chi connectivity index (χ2n) is 5.64. The van der Waals surface area contributed by atoms with Crippen molar-refractivity contribution in [1.82, 2.24) is 0 Å². The lowest BCUT2D eigenvalue weighted by Gasteiger charge is -2.22. The van der Waals surface area contributed by atoms with E-state index < -0.39 is 30.2 Å². The molecule has 0 saturated carbocycles. The van der Waals surface area contributed by atoms with Crippen LogP contribution in [0.5, 0.6) is 0 Å². The maximum atomic E-state index is 12.6. The van der Waals surface area contributed by atoms with Crippen molar-refractivity contribution in [3.8, 4) is 12.3 Å². The predicted molar refractivity (Wildman–Crippen MR) is 78.9 cm³/mol. The lowest BCUT2D eigenvalue weighted by molar-refractivity contribution is -0.170. The first-order valence-corrected chi connectivity index (χ1v) is 6.61. The molecule has 1 amide bonds. The van der Waals surface area contributed by atoms with Gasteiger partial charge in [0.2, 0.25) is 0 Å². The Morgan fingerprint density at radius 2 is 1.70 bits per heavy atom. The molecule has 7 heteroatoms. The van der Waals surface area contributed by atoms with Gasteiger partial charge >= 0.3 is 18.1 Å². The van der Waals surface area contributed by atoms with Gasteiger partial charge in [-0.25, -0.2) is 4.79 Å². The molecule has 0 unspecified atom stereocenters. The Kier molecular flexibility index (Phi) is 5.43. The largest absolute Gasteiger partial charge is 0.471 e. The molecule has 1 rings (SSSR count). The topological polar surface area (TPSA) is 46.6 Å². The van der Waals surface area contributed by atoms with Gasteiger partial charge in [0.1, 0.15) is 5.60 Å². The van der Waals surface area contributed by atoms with Crippen LogP contribution in [0.3, 0.4) is 0 Å². The first-order chi connectivity index (χ1) is 10.5. The van der Waals surface area contributed by atoms with E-state index >= 15 is 0 Å². The van der Waals surface area contributed by atoms with Gasteiger partial charge in [-0.1, -0.05) is 5.92 Å². The smallest absolute Gasteiger partial charge is 0.456 e. The Hall–Kier alpha value is -2.49. The molecule has 4 nitrogen and oxygen atoms in total. The second-order valence-corrected chi connectivity index (χ2v) is 5.64. The molecule has 0 aromatic heterocycles. The van der Waals surface area contributed by atoms with E-state index in [0.29, 0.717) is 4.90 Å². The number of esters is 1. The summed E-state index contributed by atoms with van der Waals surface area (Å²) in [6.07, 6.45) is -0.0310. The van der Waals surface area contributed by atoms with E-state index in [1.54, 1.807) is 20.8 Å². The predicted octanol–water partition coefficient (Wildman–Crippen LogP) is 3.17. The van der Waals surface area contributed by atoms with Crippen LogP contribution >= 0.6 is 0 Å². The van der Waals surface area contributed by atoms with E-state index in [-0.39, 0.29) is 11.3 Å². The van der Waals surface area contributed by atoms with Crippen molar-refractivity contribution in [3.63, 3.8) is 0 Å². The number of nitrogens with zero attached hydrogens (tertiary/aromatic N) is 1. The molecular formula is C16H16F3NO3. The normalized spacial score (nSPS) is 11.5. The number of carbonyl (C=O) groups is 2. The van der Waals surface area contributed by atoms with Crippen LogP contribution in [-0.2, 0) is 9.53 Å². The summed E-state index contributed by atoms with van der Waals surface area (Å²) in [5.41, 5.74) is -0.598. The highest BCUT2D eigenvalue weighted by Gasteiger charge is 2.42. The number of hydrogen-bond acceptors (Lipinski definition) is 3. The van der Waals surface area contributed by atoms with E-state index in [9.17, 15) is 22.8 Å². The molecule has 0 bridgehead atoms. The number of rotatable bonds is 3. The fraction of sp³-hybridized carbons (Fsp3) is 0.375. The van der Waals surface area contributed by atoms with Crippen molar-refractivity contribution >= 4 is 17.6 Å². The SMILES string of the molecule is C#CCN(C(=O)C(F)(F)F)c1ccc(C(=O)OC(C)(C)C)cc1. The molecule has 0 aliphatic carbocycles. The van der Waals surface area contributed by atoms with Gasteiger partial charge in [0.05, 0.1) is 12.1 Å². The average molecular weight is 327 g/mol. The number of anilines is 1. The lowest BCUT2D eigenvalue weighted by atomic mass is 10.1. The Bertz CT molecular complexity index is 622. The highest BCUT2D eigenvalue weighted by molar-refractivity contribution is 5.98. The zero-order valence-corrected chi connectivity index (χ0v) is 12.9. The van der Waals surface area contributed by atoms with Crippen molar-refractivity contribution < 1.29 is 27.5 Å².